The van der Waals surface area contributed by atoms with Crippen LogP contribution in [0, 0.1) is 0 Å². The molecule has 1 aromatic heterocycles. The van der Waals surface area contributed by atoms with Gasteiger partial charge in [-0.1, -0.05) is 30.3 Å². The lowest BCUT2D eigenvalue weighted by atomic mass is 10.2. The predicted octanol–water partition coefficient (Wildman–Crippen LogP) is 1.43. The lowest BCUT2D eigenvalue weighted by Gasteiger charge is -2.00. The molecule has 0 saturated carbocycles. The van der Waals surface area contributed by atoms with Gasteiger partial charge in [-0.05, 0) is 0 Å². The van der Waals surface area contributed by atoms with Gasteiger partial charge in [-0.15, -0.1) is 11.3 Å². The smallest absolute Gasteiger partial charge is 0.233 e. The maximum atomic E-state index is 11.0. The Morgan fingerprint density at radius 2 is 2.11 bits per heavy atom. The van der Waals surface area contributed by atoms with Crippen molar-refractivity contribution in [3.8, 4) is 11.3 Å². The van der Waals surface area contributed by atoms with Crippen molar-refractivity contribution in [1.29, 1.82) is 0 Å². The van der Waals surface area contributed by atoms with Gasteiger partial charge < -0.3 is 11.1 Å². The molecule has 0 fully saturated rings. The number of rotatable bonds is 5. The second kappa shape index (κ2) is 6.28. The minimum absolute atomic E-state index is 0.0349. The summed E-state index contributed by atoms with van der Waals surface area (Å²) in [5, 5.41) is 5.79. The van der Waals surface area contributed by atoms with Crippen LogP contribution in [0.3, 0.4) is 0 Å². The highest BCUT2D eigenvalue weighted by atomic mass is 32.1. The number of nitrogens with two attached hydrogens (primary N) is 1. The van der Waals surface area contributed by atoms with E-state index in [9.17, 15) is 4.79 Å². The van der Waals surface area contributed by atoms with Crippen molar-refractivity contribution in [2.24, 2.45) is 5.73 Å². The number of hydrogen-bond donors (Lipinski definition) is 2. The summed E-state index contributed by atoms with van der Waals surface area (Å²) in [5.41, 5.74) is 7.31. The number of amides is 1. The van der Waals surface area contributed by atoms with Crippen LogP contribution in [0.25, 0.3) is 11.3 Å². The van der Waals surface area contributed by atoms with Crippen molar-refractivity contribution >= 4 is 17.2 Å². The first-order valence-corrected chi connectivity index (χ1v) is 6.64. The Balaban J connectivity index is 1.93. The maximum Gasteiger partial charge on any atom is 0.233 e. The van der Waals surface area contributed by atoms with E-state index in [4.69, 9.17) is 5.73 Å². The molecule has 3 N–H and O–H groups in total. The van der Waals surface area contributed by atoms with Crippen LogP contribution in [0.2, 0.25) is 0 Å². The van der Waals surface area contributed by atoms with Crippen molar-refractivity contribution in [3.05, 3.63) is 40.7 Å². The Kier molecular flexibility index (Phi) is 4.44. The van der Waals surface area contributed by atoms with Gasteiger partial charge in [-0.3, -0.25) is 4.79 Å². The molecule has 1 aromatic carbocycles. The Morgan fingerprint density at radius 3 is 2.83 bits per heavy atom. The molecule has 0 aliphatic carbocycles. The van der Waals surface area contributed by atoms with Gasteiger partial charge in [0.1, 0.15) is 0 Å². The standard InChI is InChI=1S/C13H15N3OS/c14-8-12(17)15-7-6-13-16-11(9-18-13)10-4-2-1-3-5-10/h1-5,9H,6-8,14H2,(H,15,17). The summed E-state index contributed by atoms with van der Waals surface area (Å²) in [6, 6.07) is 10.1. The largest absolute Gasteiger partial charge is 0.355 e. The highest BCUT2D eigenvalue weighted by molar-refractivity contribution is 7.09. The quantitative estimate of drug-likeness (QED) is 0.855. The fourth-order valence-electron chi connectivity index (χ4n) is 1.55. The van der Waals surface area contributed by atoms with Crippen molar-refractivity contribution in [1.82, 2.24) is 10.3 Å². The van der Waals surface area contributed by atoms with Crippen LogP contribution in [-0.4, -0.2) is 24.0 Å². The molecule has 2 aromatic rings. The molecule has 4 nitrogen and oxygen atoms in total. The van der Waals surface area contributed by atoms with E-state index in [2.05, 4.69) is 10.3 Å². The SMILES string of the molecule is NCC(=O)NCCc1nc(-c2ccccc2)cs1. The van der Waals surface area contributed by atoms with E-state index in [-0.39, 0.29) is 12.5 Å². The molecule has 0 aliphatic rings. The molecule has 0 aliphatic heterocycles. The van der Waals surface area contributed by atoms with Crippen LogP contribution < -0.4 is 11.1 Å². The Hall–Kier alpha value is -1.72. The Labute approximate surface area is 110 Å². The second-order valence-corrected chi connectivity index (χ2v) is 4.74. The van der Waals surface area contributed by atoms with Crippen LogP contribution >= 0.6 is 11.3 Å². The van der Waals surface area contributed by atoms with Gasteiger partial charge in [0.05, 0.1) is 17.2 Å². The van der Waals surface area contributed by atoms with Crippen molar-refractivity contribution < 1.29 is 4.79 Å². The second-order valence-electron chi connectivity index (χ2n) is 3.80. The van der Waals surface area contributed by atoms with Crippen LogP contribution in [0.1, 0.15) is 5.01 Å². The molecule has 0 unspecified atom stereocenters. The average Bonchev–Trinajstić information content (AvgIpc) is 2.88. The van der Waals surface area contributed by atoms with Crippen molar-refractivity contribution in [2.75, 3.05) is 13.1 Å². The van der Waals surface area contributed by atoms with Gasteiger partial charge in [0.15, 0.2) is 0 Å². The number of carbonyl (C=O) groups is 1. The lowest BCUT2D eigenvalue weighted by Crippen LogP contribution is -2.31. The zero-order valence-electron chi connectivity index (χ0n) is 9.93. The van der Waals surface area contributed by atoms with Crippen molar-refractivity contribution in [2.45, 2.75) is 6.42 Å². The monoisotopic (exact) mass is 261 g/mol. The minimum atomic E-state index is -0.130. The fourth-order valence-corrected chi connectivity index (χ4v) is 2.36. The highest BCUT2D eigenvalue weighted by Crippen LogP contribution is 2.21. The third-order valence-corrected chi connectivity index (χ3v) is 3.38. The first-order valence-electron chi connectivity index (χ1n) is 5.76. The van der Waals surface area contributed by atoms with Gasteiger partial charge >= 0.3 is 0 Å². The molecule has 0 saturated heterocycles. The number of benzene rings is 1. The summed E-state index contributed by atoms with van der Waals surface area (Å²) in [4.78, 5) is 15.5. The average molecular weight is 261 g/mol. The number of nitrogens with zero attached hydrogens (tertiary/aromatic N) is 1. The van der Waals surface area contributed by atoms with E-state index < -0.39 is 0 Å². The first-order chi connectivity index (χ1) is 8.79. The number of aromatic nitrogens is 1. The zero-order valence-corrected chi connectivity index (χ0v) is 10.7. The lowest BCUT2D eigenvalue weighted by molar-refractivity contribution is -0.119. The van der Waals surface area contributed by atoms with Gasteiger partial charge in [0.2, 0.25) is 5.91 Å². The Bertz CT molecular complexity index is 510. The molecule has 5 heteroatoms. The molecule has 0 atom stereocenters. The van der Waals surface area contributed by atoms with E-state index in [0.29, 0.717) is 6.54 Å². The van der Waals surface area contributed by atoms with E-state index in [1.807, 2.05) is 35.7 Å². The predicted molar refractivity (Wildman–Crippen MR) is 73.3 cm³/mol. The van der Waals surface area contributed by atoms with Gasteiger partial charge in [-0.25, -0.2) is 4.98 Å². The molecule has 0 spiro atoms. The summed E-state index contributed by atoms with van der Waals surface area (Å²) >= 11 is 1.61. The van der Waals surface area contributed by atoms with Gasteiger partial charge in [-0.2, -0.15) is 0 Å². The molecule has 0 radical (unpaired) electrons. The third-order valence-electron chi connectivity index (χ3n) is 2.47. The number of nitrogens with one attached hydrogen (secondary N) is 1. The summed E-state index contributed by atoms with van der Waals surface area (Å²) < 4.78 is 0. The van der Waals surface area contributed by atoms with E-state index in [1.54, 1.807) is 11.3 Å². The molecule has 18 heavy (non-hydrogen) atoms. The summed E-state index contributed by atoms with van der Waals surface area (Å²) in [7, 11) is 0. The zero-order chi connectivity index (χ0) is 12.8. The van der Waals surface area contributed by atoms with Crippen LogP contribution in [0.5, 0.6) is 0 Å². The van der Waals surface area contributed by atoms with Crippen LogP contribution in [0.4, 0.5) is 0 Å². The van der Waals surface area contributed by atoms with Crippen molar-refractivity contribution in [3.63, 3.8) is 0 Å². The highest BCUT2D eigenvalue weighted by Gasteiger charge is 2.04. The number of thiazole rings is 1. The molecule has 0 bridgehead atoms. The number of carbonyl (C=O) groups excluding carboxylic acids is 1. The van der Waals surface area contributed by atoms with E-state index >= 15 is 0 Å². The molecule has 2 rings (SSSR count). The third kappa shape index (κ3) is 3.38. The van der Waals surface area contributed by atoms with Crippen LogP contribution in [0.15, 0.2) is 35.7 Å². The van der Waals surface area contributed by atoms with E-state index in [1.165, 1.54) is 0 Å². The van der Waals surface area contributed by atoms with Crippen LogP contribution in [-0.2, 0) is 11.2 Å². The molecule has 1 amide bonds. The molecular formula is C13H15N3OS. The fraction of sp³-hybridized carbons (Fsp3) is 0.231. The summed E-state index contributed by atoms with van der Waals surface area (Å²) in [6.45, 7) is 0.616. The topological polar surface area (TPSA) is 68.0 Å². The minimum Gasteiger partial charge on any atom is -0.355 e. The Morgan fingerprint density at radius 1 is 1.33 bits per heavy atom. The van der Waals surface area contributed by atoms with Gasteiger partial charge in [0, 0.05) is 23.9 Å². The molecular weight excluding hydrogens is 246 g/mol. The van der Waals surface area contributed by atoms with Gasteiger partial charge in [0.25, 0.3) is 0 Å². The summed E-state index contributed by atoms with van der Waals surface area (Å²) in [5.74, 6) is -0.130. The number of hydrogen-bond acceptors (Lipinski definition) is 4. The summed E-state index contributed by atoms with van der Waals surface area (Å²) in [6.07, 6.45) is 0.739. The first kappa shape index (κ1) is 12.7. The maximum absolute atomic E-state index is 11.0. The molecule has 1 heterocycles. The molecule has 94 valence electrons. The normalized spacial score (nSPS) is 10.3. The van der Waals surface area contributed by atoms with E-state index in [0.717, 1.165) is 22.7 Å².